The van der Waals surface area contributed by atoms with Crippen LogP contribution in [0.3, 0.4) is 0 Å². The molecule has 3 nitrogen and oxygen atoms in total. The number of fused-ring (bicyclic) bond motifs is 3. The van der Waals surface area contributed by atoms with Crippen LogP contribution in [0.15, 0.2) is 95.6 Å². The van der Waals surface area contributed by atoms with Crippen molar-refractivity contribution in [2.24, 2.45) is 0 Å². The van der Waals surface area contributed by atoms with Crippen molar-refractivity contribution >= 4 is 21.9 Å². The Morgan fingerprint density at radius 1 is 0.733 bits per heavy atom. The van der Waals surface area contributed by atoms with E-state index in [0.29, 0.717) is 28.0 Å². The minimum Gasteiger partial charge on any atom is -0.500 e. The average molecular weight is 778 g/mol. The van der Waals surface area contributed by atoms with Crippen LogP contribution in [0, 0.1) is 19.0 Å². The first-order valence-corrected chi connectivity index (χ1v) is 15.6. The van der Waals surface area contributed by atoms with Crippen molar-refractivity contribution in [3.05, 3.63) is 120 Å². The van der Waals surface area contributed by atoms with E-state index in [9.17, 15) is 0 Å². The number of aromatic nitrogens is 2. The zero-order valence-corrected chi connectivity index (χ0v) is 27.5. The molecule has 0 N–H and O–H groups in total. The number of para-hydroxylation sites is 1. The molecule has 3 heterocycles. The smallest absolute Gasteiger partial charge is 0.124 e. The molecular formula is C41H40IrN2O-2. The van der Waals surface area contributed by atoms with Crippen molar-refractivity contribution in [3.8, 4) is 22.5 Å². The number of hydrogen-bond acceptors (Lipinski definition) is 3. The summed E-state index contributed by atoms with van der Waals surface area (Å²) in [6, 6.07) is 22.6. The summed E-state index contributed by atoms with van der Waals surface area (Å²) >= 11 is 0. The predicted octanol–water partition coefficient (Wildman–Crippen LogP) is 11.4. The second kappa shape index (κ2) is 14.7. The van der Waals surface area contributed by atoms with Crippen LogP contribution in [0.2, 0.25) is 0 Å². The summed E-state index contributed by atoms with van der Waals surface area (Å²) in [6.45, 7) is -2.51. The maximum atomic E-state index is 9.09. The van der Waals surface area contributed by atoms with Crippen molar-refractivity contribution in [2.45, 2.75) is 82.8 Å². The van der Waals surface area contributed by atoms with Gasteiger partial charge in [0.15, 0.2) is 0 Å². The van der Waals surface area contributed by atoms with Gasteiger partial charge in [0.25, 0.3) is 0 Å². The van der Waals surface area contributed by atoms with Gasteiger partial charge in [-0.2, -0.15) is 0 Å². The zero-order valence-electron chi connectivity index (χ0n) is 34.1. The predicted molar refractivity (Wildman–Crippen MR) is 181 cm³/mol. The molecule has 0 unspecified atom stereocenters. The summed E-state index contributed by atoms with van der Waals surface area (Å²) < 4.78 is 79.9. The molecule has 0 bridgehead atoms. The molecular weight excluding hydrogens is 729 g/mol. The van der Waals surface area contributed by atoms with E-state index in [4.69, 9.17) is 16.8 Å². The molecule has 6 aromatic rings. The summed E-state index contributed by atoms with van der Waals surface area (Å²) in [5, 5.41) is 1.71. The van der Waals surface area contributed by atoms with Crippen molar-refractivity contribution in [1.29, 1.82) is 0 Å². The van der Waals surface area contributed by atoms with Crippen molar-refractivity contribution in [3.63, 3.8) is 0 Å². The maximum absolute atomic E-state index is 9.09. The number of benzene rings is 3. The molecule has 2 aliphatic carbocycles. The van der Waals surface area contributed by atoms with Crippen LogP contribution in [0.5, 0.6) is 0 Å². The summed E-state index contributed by atoms with van der Waals surface area (Å²) in [5.74, 6) is -1.43. The Hall–Kier alpha value is -3.59. The average Bonchev–Trinajstić information content (AvgIpc) is 3.54. The van der Waals surface area contributed by atoms with Gasteiger partial charge in [-0.25, -0.2) is 0 Å². The molecule has 0 aliphatic heterocycles. The van der Waals surface area contributed by atoms with Crippen LogP contribution in [0.1, 0.15) is 105 Å². The fourth-order valence-electron chi connectivity index (χ4n) is 6.34. The van der Waals surface area contributed by atoms with Crippen LogP contribution in [0.4, 0.5) is 0 Å². The Kier molecular flexibility index (Phi) is 7.18. The molecule has 45 heavy (non-hydrogen) atoms. The molecule has 1 radical (unpaired) electrons. The summed E-state index contributed by atoms with van der Waals surface area (Å²) in [7, 11) is 0. The molecule has 0 atom stereocenters. The molecule has 0 saturated heterocycles. The number of pyridine rings is 2. The third-order valence-electron chi connectivity index (χ3n) is 8.61. The summed E-state index contributed by atoms with van der Waals surface area (Å²) in [5.41, 5.74) is 4.15. The van der Waals surface area contributed by atoms with Crippen molar-refractivity contribution in [1.82, 2.24) is 9.97 Å². The number of nitrogens with zero attached hydrogens (tertiary/aromatic N) is 2. The first-order chi connectivity index (χ1) is 25.3. The van der Waals surface area contributed by atoms with Gasteiger partial charge in [0, 0.05) is 44.7 Å². The Morgan fingerprint density at radius 2 is 1.49 bits per heavy atom. The van der Waals surface area contributed by atoms with Gasteiger partial charge in [-0.1, -0.05) is 91.8 Å². The third-order valence-corrected chi connectivity index (χ3v) is 8.61. The van der Waals surface area contributed by atoms with Gasteiger partial charge in [0.05, 0.1) is 11.1 Å². The molecule has 2 aliphatic rings. The number of aryl methyl sites for hydroxylation is 1. The second-order valence-corrected chi connectivity index (χ2v) is 11.5. The fraction of sp³-hybridized carbons (Fsp3) is 0.317. The van der Waals surface area contributed by atoms with E-state index in [-0.39, 0.29) is 55.5 Å². The Balaban J connectivity index is 0.000000197. The van der Waals surface area contributed by atoms with Gasteiger partial charge >= 0.3 is 0 Å². The van der Waals surface area contributed by atoms with E-state index in [1.807, 2.05) is 42.5 Å². The zero-order chi connectivity index (χ0) is 37.5. The summed E-state index contributed by atoms with van der Waals surface area (Å²) in [4.78, 5) is 8.60. The van der Waals surface area contributed by atoms with E-state index in [0.717, 1.165) is 92.3 Å². The number of rotatable bonds is 4. The molecule has 4 heteroatoms. The SMILES string of the molecule is [2H]c1c(C([2H])([2H])[2H])cnc(-c2[c-]ccc3c2oc2c(C4([2H])CCCCC4)cccc23)c1[2H].[2H]c1c(C2([2H])CCCCC2)cnc(-c2[c-]cccc2)c1[2H].[Ir]. The van der Waals surface area contributed by atoms with Crippen LogP contribution in [0.25, 0.3) is 44.5 Å². The molecule has 2 saturated carbocycles. The van der Waals surface area contributed by atoms with Gasteiger partial charge in [-0.3, -0.25) is 0 Å². The molecule has 8 rings (SSSR count). The van der Waals surface area contributed by atoms with E-state index < -0.39 is 18.6 Å². The van der Waals surface area contributed by atoms with Gasteiger partial charge < -0.3 is 14.4 Å². The Bertz CT molecular complexity index is 2280. The molecule has 3 aromatic carbocycles. The van der Waals surface area contributed by atoms with E-state index >= 15 is 0 Å². The standard InChI is InChI=1S/C24H22NO.C17H18N.Ir/c1-16-13-14-22(25-15-16)21-12-6-11-20-19-10-5-9-18(23(19)26-24(20)21)17-7-3-2-4-8-17;1-3-7-14(8-4-1)16-11-12-17(18-13-16)15-9-5-2-6-10-15;/h5-6,9-11,13-15,17H,2-4,7-8H2,1H3;2,5-6,9,11-14H,1,3-4,7-8H2;/q2*-1;/i1D3,13D,14D,17D;11D,12D,14D;. The largest absolute Gasteiger partial charge is 0.500 e. The fourth-order valence-corrected chi connectivity index (χ4v) is 6.34. The molecule has 3 aromatic heterocycles. The van der Waals surface area contributed by atoms with Crippen LogP contribution < -0.4 is 0 Å². The first-order valence-electron chi connectivity index (χ1n) is 20.1. The minimum atomic E-state index is -2.51. The van der Waals surface area contributed by atoms with Crippen LogP contribution in [-0.4, -0.2) is 9.97 Å². The quantitative estimate of drug-likeness (QED) is 0.167. The van der Waals surface area contributed by atoms with Gasteiger partial charge in [-0.05, 0) is 72.4 Å². The number of hydrogen-bond donors (Lipinski definition) is 0. The van der Waals surface area contributed by atoms with Gasteiger partial charge in [0.2, 0.25) is 0 Å². The van der Waals surface area contributed by atoms with Crippen molar-refractivity contribution in [2.75, 3.05) is 0 Å². The molecule has 2 fully saturated rings. The Morgan fingerprint density at radius 3 is 2.27 bits per heavy atom. The van der Waals surface area contributed by atoms with Gasteiger partial charge in [-0.15, -0.1) is 54.1 Å². The molecule has 231 valence electrons. The number of furan rings is 1. The van der Waals surface area contributed by atoms with E-state index in [1.54, 1.807) is 18.3 Å². The van der Waals surface area contributed by atoms with E-state index in [2.05, 4.69) is 22.1 Å². The normalized spacial score (nSPS) is 20.3. The van der Waals surface area contributed by atoms with E-state index in [1.165, 1.54) is 0 Å². The second-order valence-electron chi connectivity index (χ2n) is 11.5. The maximum Gasteiger partial charge on any atom is 0.124 e. The molecule has 0 spiro atoms. The Labute approximate surface area is 293 Å². The first kappa shape index (κ1) is 22.0. The van der Waals surface area contributed by atoms with Crippen LogP contribution >= 0.6 is 0 Å². The summed E-state index contributed by atoms with van der Waals surface area (Å²) in [6.07, 6.45) is 12.3. The topological polar surface area (TPSA) is 38.9 Å². The van der Waals surface area contributed by atoms with Gasteiger partial charge in [0.1, 0.15) is 5.58 Å². The molecule has 0 amide bonds. The third kappa shape index (κ3) is 6.98. The van der Waals surface area contributed by atoms with Crippen LogP contribution in [-0.2, 0) is 20.1 Å². The monoisotopic (exact) mass is 778 g/mol. The minimum absolute atomic E-state index is 0. The van der Waals surface area contributed by atoms with Crippen molar-refractivity contribution < 1.29 is 36.9 Å².